The van der Waals surface area contributed by atoms with Gasteiger partial charge in [0.25, 0.3) is 0 Å². The van der Waals surface area contributed by atoms with Gasteiger partial charge in [-0.3, -0.25) is 9.59 Å². The van der Waals surface area contributed by atoms with Crippen LogP contribution in [0.4, 0.5) is 10.1 Å². The molecular weight excluding hydrogens is 333 g/mol. The van der Waals surface area contributed by atoms with E-state index in [2.05, 4.69) is 0 Å². The second-order valence-corrected chi connectivity index (χ2v) is 5.93. The number of anilines is 1. The molecule has 1 saturated heterocycles. The number of nitrogens with two attached hydrogens (primary N) is 1. The van der Waals surface area contributed by atoms with Gasteiger partial charge in [0, 0.05) is 31.7 Å². The molecule has 5 nitrogen and oxygen atoms in total. The average molecular weight is 358 g/mol. The third-order valence-electron chi connectivity index (χ3n) is 4.20. The van der Waals surface area contributed by atoms with Gasteiger partial charge in [0.15, 0.2) is 5.78 Å². The highest BCUT2D eigenvalue weighted by atomic mass is 35.5. The van der Waals surface area contributed by atoms with Gasteiger partial charge in [0.2, 0.25) is 5.91 Å². The van der Waals surface area contributed by atoms with E-state index in [1.54, 1.807) is 17.0 Å². The zero-order valence-electron chi connectivity index (χ0n) is 14.1. The van der Waals surface area contributed by atoms with E-state index in [-0.39, 0.29) is 24.1 Å². The van der Waals surface area contributed by atoms with Crippen LogP contribution >= 0.6 is 12.4 Å². The first kappa shape index (κ1) is 20.4. The maximum atomic E-state index is 14.2. The van der Waals surface area contributed by atoms with Gasteiger partial charge in [-0.25, -0.2) is 4.39 Å². The molecule has 2 N–H and O–H groups in total. The van der Waals surface area contributed by atoms with E-state index in [0.717, 1.165) is 6.42 Å². The SMILES string of the molecule is CCCC(N)C(=O)N1CCN(c2ccc(C(C)=O)cc2F)CC1.Cl. The lowest BCUT2D eigenvalue weighted by atomic mass is 10.1. The van der Waals surface area contributed by atoms with Crippen molar-refractivity contribution in [2.75, 3.05) is 31.1 Å². The molecule has 0 spiro atoms. The van der Waals surface area contributed by atoms with Crippen molar-refractivity contribution in [2.45, 2.75) is 32.7 Å². The Kier molecular flexibility index (Phi) is 7.63. The largest absolute Gasteiger partial charge is 0.366 e. The van der Waals surface area contributed by atoms with Crippen molar-refractivity contribution in [2.24, 2.45) is 5.73 Å². The molecule has 0 saturated carbocycles. The summed E-state index contributed by atoms with van der Waals surface area (Å²) in [6.07, 6.45) is 1.56. The van der Waals surface area contributed by atoms with E-state index < -0.39 is 11.9 Å². The van der Waals surface area contributed by atoms with E-state index >= 15 is 0 Å². The molecule has 1 fully saturated rings. The van der Waals surface area contributed by atoms with Crippen LogP contribution in [0.3, 0.4) is 0 Å². The lowest BCUT2D eigenvalue weighted by Crippen LogP contribution is -2.53. The van der Waals surface area contributed by atoms with Crippen LogP contribution in [0, 0.1) is 5.82 Å². The number of Topliss-reactive ketones (excluding diaryl/α,β-unsaturated/α-hetero) is 1. The maximum Gasteiger partial charge on any atom is 0.239 e. The molecule has 0 aromatic heterocycles. The second kappa shape index (κ2) is 8.99. The first-order valence-corrected chi connectivity index (χ1v) is 8.03. The van der Waals surface area contributed by atoms with Gasteiger partial charge in [-0.1, -0.05) is 13.3 Å². The van der Waals surface area contributed by atoms with Crippen molar-refractivity contribution in [3.05, 3.63) is 29.6 Å². The Bertz CT molecular complexity index is 589. The Morgan fingerprint density at radius 1 is 1.25 bits per heavy atom. The quantitative estimate of drug-likeness (QED) is 0.820. The second-order valence-electron chi connectivity index (χ2n) is 5.93. The molecular formula is C17H25ClFN3O2. The number of nitrogens with zero attached hydrogens (tertiary/aromatic N) is 2. The molecule has 1 aliphatic heterocycles. The molecule has 1 aromatic carbocycles. The number of rotatable bonds is 5. The number of carbonyl (C=O) groups excluding carboxylic acids is 2. The Morgan fingerprint density at radius 3 is 2.38 bits per heavy atom. The highest BCUT2D eigenvalue weighted by molar-refractivity contribution is 5.94. The van der Waals surface area contributed by atoms with Crippen molar-refractivity contribution < 1.29 is 14.0 Å². The highest BCUT2D eigenvalue weighted by Crippen LogP contribution is 2.22. The van der Waals surface area contributed by atoms with Crippen LogP contribution in [0.25, 0.3) is 0 Å². The number of hydrogen-bond acceptors (Lipinski definition) is 4. The summed E-state index contributed by atoms with van der Waals surface area (Å²) < 4.78 is 14.2. The van der Waals surface area contributed by atoms with Crippen LogP contribution in [0.1, 0.15) is 37.0 Å². The zero-order valence-corrected chi connectivity index (χ0v) is 14.9. The Balaban J connectivity index is 0.00000288. The summed E-state index contributed by atoms with van der Waals surface area (Å²) in [5.41, 5.74) is 6.72. The molecule has 0 aliphatic carbocycles. The fourth-order valence-electron chi connectivity index (χ4n) is 2.82. The van der Waals surface area contributed by atoms with Crippen molar-refractivity contribution in [1.29, 1.82) is 0 Å². The Labute approximate surface area is 148 Å². The number of halogens is 2. The Morgan fingerprint density at radius 2 is 1.88 bits per heavy atom. The lowest BCUT2D eigenvalue weighted by Gasteiger charge is -2.37. The van der Waals surface area contributed by atoms with Crippen molar-refractivity contribution >= 4 is 29.8 Å². The van der Waals surface area contributed by atoms with E-state index in [9.17, 15) is 14.0 Å². The minimum Gasteiger partial charge on any atom is -0.366 e. The molecule has 1 heterocycles. The minimum atomic E-state index is -0.446. The summed E-state index contributed by atoms with van der Waals surface area (Å²) in [5, 5.41) is 0. The molecule has 1 unspecified atom stereocenters. The normalized spacial score (nSPS) is 15.7. The highest BCUT2D eigenvalue weighted by Gasteiger charge is 2.26. The summed E-state index contributed by atoms with van der Waals surface area (Å²) in [7, 11) is 0. The first-order valence-electron chi connectivity index (χ1n) is 8.03. The molecule has 1 aliphatic rings. The van der Waals surface area contributed by atoms with Crippen LogP contribution in [0.5, 0.6) is 0 Å². The summed E-state index contributed by atoms with van der Waals surface area (Å²) in [6, 6.07) is 4.09. The van der Waals surface area contributed by atoms with Crippen LogP contribution in [-0.4, -0.2) is 48.8 Å². The van der Waals surface area contributed by atoms with Crippen LogP contribution in [0.15, 0.2) is 18.2 Å². The number of hydrogen-bond donors (Lipinski definition) is 1. The van der Waals surface area contributed by atoms with Gasteiger partial charge < -0.3 is 15.5 Å². The van der Waals surface area contributed by atoms with E-state index in [4.69, 9.17) is 5.73 Å². The topological polar surface area (TPSA) is 66.6 Å². The number of benzene rings is 1. The third kappa shape index (κ3) is 4.68. The molecule has 0 bridgehead atoms. The number of amides is 1. The predicted molar refractivity (Wildman–Crippen MR) is 95.3 cm³/mol. The zero-order chi connectivity index (χ0) is 17.0. The molecule has 1 aromatic rings. The average Bonchev–Trinajstić information content (AvgIpc) is 2.54. The molecule has 1 amide bonds. The molecule has 0 radical (unpaired) electrons. The predicted octanol–water partition coefficient (Wildman–Crippen LogP) is 2.23. The van der Waals surface area contributed by atoms with Gasteiger partial charge in [0.1, 0.15) is 5.82 Å². The van der Waals surface area contributed by atoms with Gasteiger partial charge in [0.05, 0.1) is 11.7 Å². The van der Waals surface area contributed by atoms with Crippen LogP contribution in [0.2, 0.25) is 0 Å². The van der Waals surface area contributed by atoms with Crippen molar-refractivity contribution in [3.63, 3.8) is 0 Å². The fourth-order valence-corrected chi connectivity index (χ4v) is 2.82. The Hall–Kier alpha value is -1.66. The fraction of sp³-hybridized carbons (Fsp3) is 0.529. The van der Waals surface area contributed by atoms with Gasteiger partial charge in [-0.15, -0.1) is 12.4 Å². The van der Waals surface area contributed by atoms with Crippen molar-refractivity contribution in [3.8, 4) is 0 Å². The van der Waals surface area contributed by atoms with E-state index in [0.29, 0.717) is 43.9 Å². The summed E-state index contributed by atoms with van der Waals surface area (Å²) >= 11 is 0. The molecule has 7 heteroatoms. The monoisotopic (exact) mass is 357 g/mol. The van der Waals surface area contributed by atoms with Crippen LogP contribution < -0.4 is 10.6 Å². The molecule has 134 valence electrons. The maximum absolute atomic E-state index is 14.2. The standard InChI is InChI=1S/C17H24FN3O2.ClH/c1-3-4-15(19)17(23)21-9-7-20(8-10-21)16-6-5-13(12(2)22)11-14(16)18;/h5-6,11,15H,3-4,7-10,19H2,1-2H3;1H. The lowest BCUT2D eigenvalue weighted by molar-refractivity contribution is -0.133. The summed E-state index contributed by atoms with van der Waals surface area (Å²) in [4.78, 5) is 27.1. The van der Waals surface area contributed by atoms with Gasteiger partial charge in [-0.05, 0) is 31.5 Å². The number of ketones is 1. The molecule has 24 heavy (non-hydrogen) atoms. The van der Waals surface area contributed by atoms with E-state index in [1.165, 1.54) is 13.0 Å². The minimum absolute atomic E-state index is 0. The molecule has 2 rings (SSSR count). The number of carbonyl (C=O) groups is 2. The van der Waals surface area contributed by atoms with Crippen molar-refractivity contribution in [1.82, 2.24) is 4.90 Å². The summed E-state index contributed by atoms with van der Waals surface area (Å²) in [6.45, 7) is 5.59. The van der Waals surface area contributed by atoms with Crippen LogP contribution in [-0.2, 0) is 4.79 Å². The third-order valence-corrected chi connectivity index (χ3v) is 4.20. The van der Waals surface area contributed by atoms with Gasteiger partial charge in [-0.2, -0.15) is 0 Å². The first-order chi connectivity index (χ1) is 10.9. The van der Waals surface area contributed by atoms with Gasteiger partial charge >= 0.3 is 0 Å². The summed E-state index contributed by atoms with van der Waals surface area (Å²) in [5.74, 6) is -0.588. The number of piperazine rings is 1. The smallest absolute Gasteiger partial charge is 0.239 e. The van der Waals surface area contributed by atoms with E-state index in [1.807, 2.05) is 11.8 Å². The molecule has 1 atom stereocenters.